The van der Waals surface area contributed by atoms with E-state index in [1.54, 1.807) is 12.1 Å². The summed E-state index contributed by atoms with van der Waals surface area (Å²) in [6.07, 6.45) is 1.73. The van der Waals surface area contributed by atoms with Gasteiger partial charge in [0.1, 0.15) is 10.8 Å². The first-order valence-corrected chi connectivity index (χ1v) is 12.0. The van der Waals surface area contributed by atoms with Crippen LogP contribution >= 0.6 is 11.3 Å². The van der Waals surface area contributed by atoms with E-state index in [4.69, 9.17) is 5.11 Å². The third-order valence-electron chi connectivity index (χ3n) is 5.52. The SMILES string of the molecule is CCCCN(C(=O)c1ccccc1F)c1nnc(-c2ccccc2C)s1.CN1CC(C(=O)O)C1. The van der Waals surface area contributed by atoms with Crippen LogP contribution in [-0.4, -0.2) is 58.8 Å². The summed E-state index contributed by atoms with van der Waals surface area (Å²) in [5.41, 5.74) is 2.14. The second-order valence-corrected chi connectivity index (χ2v) is 9.21. The molecule has 1 aromatic heterocycles. The van der Waals surface area contributed by atoms with E-state index < -0.39 is 11.8 Å². The molecule has 0 aliphatic carbocycles. The van der Waals surface area contributed by atoms with Crippen LogP contribution in [0.3, 0.4) is 0 Å². The van der Waals surface area contributed by atoms with E-state index in [1.807, 2.05) is 50.1 Å². The number of aromatic nitrogens is 2. The molecule has 1 fully saturated rings. The summed E-state index contributed by atoms with van der Waals surface area (Å²) in [4.78, 5) is 26.5. The monoisotopic (exact) mass is 484 g/mol. The van der Waals surface area contributed by atoms with Gasteiger partial charge in [-0.3, -0.25) is 14.5 Å². The summed E-state index contributed by atoms with van der Waals surface area (Å²) in [6, 6.07) is 13.9. The molecular formula is C25H29FN4O3S. The lowest BCUT2D eigenvalue weighted by atomic mass is 10.0. The van der Waals surface area contributed by atoms with Crippen molar-refractivity contribution in [2.24, 2.45) is 5.92 Å². The Morgan fingerprint density at radius 1 is 1.15 bits per heavy atom. The van der Waals surface area contributed by atoms with E-state index in [0.29, 0.717) is 11.7 Å². The van der Waals surface area contributed by atoms with Gasteiger partial charge in [0.15, 0.2) is 0 Å². The molecule has 34 heavy (non-hydrogen) atoms. The summed E-state index contributed by atoms with van der Waals surface area (Å²) in [5.74, 6) is -1.67. The van der Waals surface area contributed by atoms with Crippen LogP contribution in [0.15, 0.2) is 48.5 Å². The van der Waals surface area contributed by atoms with Crippen LogP contribution in [0.4, 0.5) is 9.52 Å². The van der Waals surface area contributed by atoms with Crippen molar-refractivity contribution in [2.45, 2.75) is 26.7 Å². The molecule has 0 radical (unpaired) electrons. The second kappa shape index (κ2) is 11.8. The van der Waals surface area contributed by atoms with Gasteiger partial charge in [-0.2, -0.15) is 0 Å². The standard InChI is InChI=1S/C20H20FN3OS.C5H9NO2/c1-3-4-13-24(19(25)16-11-7-8-12-17(16)21)20-23-22-18(26-20)15-10-6-5-9-14(15)2;1-6-2-4(3-6)5(7)8/h5-12H,3-4,13H2,1-2H3;4H,2-3H2,1H3,(H,7,8). The summed E-state index contributed by atoms with van der Waals surface area (Å²) in [5, 5.41) is 18.0. The van der Waals surface area contributed by atoms with Crippen molar-refractivity contribution in [1.82, 2.24) is 15.1 Å². The van der Waals surface area contributed by atoms with E-state index in [9.17, 15) is 14.0 Å². The maximum absolute atomic E-state index is 14.1. The van der Waals surface area contributed by atoms with Gasteiger partial charge in [0.2, 0.25) is 5.13 Å². The average Bonchev–Trinajstić information content (AvgIpc) is 3.27. The van der Waals surface area contributed by atoms with Gasteiger partial charge in [-0.1, -0.05) is 61.1 Å². The number of carbonyl (C=O) groups is 2. The Morgan fingerprint density at radius 3 is 2.41 bits per heavy atom. The minimum absolute atomic E-state index is 0.0521. The molecule has 1 amide bonds. The summed E-state index contributed by atoms with van der Waals surface area (Å²) in [7, 11) is 1.92. The second-order valence-electron chi connectivity index (χ2n) is 8.25. The molecule has 2 aromatic carbocycles. The molecule has 1 aliphatic rings. The minimum atomic E-state index is -0.664. The zero-order valence-electron chi connectivity index (χ0n) is 19.6. The molecular weight excluding hydrogens is 455 g/mol. The molecule has 9 heteroatoms. The largest absolute Gasteiger partial charge is 0.481 e. The Hall–Kier alpha value is -3.17. The van der Waals surface area contributed by atoms with Crippen LogP contribution in [0.5, 0.6) is 0 Å². The van der Waals surface area contributed by atoms with Gasteiger partial charge >= 0.3 is 5.97 Å². The number of unbranched alkanes of at least 4 members (excludes halogenated alkanes) is 1. The topological polar surface area (TPSA) is 86.6 Å². The third-order valence-corrected chi connectivity index (χ3v) is 6.50. The molecule has 1 saturated heterocycles. The number of aryl methyl sites for hydroxylation is 1. The van der Waals surface area contributed by atoms with Gasteiger partial charge in [0.05, 0.1) is 11.5 Å². The Morgan fingerprint density at radius 2 is 1.82 bits per heavy atom. The Balaban J connectivity index is 0.000000343. The van der Waals surface area contributed by atoms with Gasteiger partial charge in [-0.25, -0.2) is 4.39 Å². The molecule has 2 heterocycles. The molecule has 0 unspecified atom stereocenters. The molecule has 7 nitrogen and oxygen atoms in total. The fourth-order valence-electron chi connectivity index (χ4n) is 3.48. The van der Waals surface area contributed by atoms with Crippen molar-refractivity contribution in [1.29, 1.82) is 0 Å². The predicted molar refractivity (Wildman–Crippen MR) is 132 cm³/mol. The number of carbonyl (C=O) groups excluding carboxylic acids is 1. The highest BCUT2D eigenvalue weighted by Crippen LogP contribution is 2.31. The fraction of sp³-hybridized carbons (Fsp3) is 0.360. The molecule has 0 bridgehead atoms. The van der Waals surface area contributed by atoms with Crippen molar-refractivity contribution in [3.63, 3.8) is 0 Å². The number of anilines is 1. The van der Waals surface area contributed by atoms with E-state index in [1.165, 1.54) is 28.4 Å². The number of benzene rings is 2. The first kappa shape index (κ1) is 25.5. The number of hydrogen-bond acceptors (Lipinski definition) is 6. The first-order valence-electron chi connectivity index (χ1n) is 11.2. The molecule has 0 saturated carbocycles. The van der Waals surface area contributed by atoms with E-state index in [-0.39, 0.29) is 17.4 Å². The number of amides is 1. The van der Waals surface area contributed by atoms with Gasteiger partial charge in [-0.05, 0) is 38.1 Å². The number of aliphatic carboxylic acids is 1. The van der Waals surface area contributed by atoms with E-state index >= 15 is 0 Å². The molecule has 1 aliphatic heterocycles. The van der Waals surface area contributed by atoms with Gasteiger partial charge < -0.3 is 10.0 Å². The highest BCUT2D eigenvalue weighted by Gasteiger charge is 2.29. The number of nitrogens with zero attached hydrogens (tertiary/aromatic N) is 4. The maximum atomic E-state index is 14.1. The quantitative estimate of drug-likeness (QED) is 0.522. The van der Waals surface area contributed by atoms with Crippen molar-refractivity contribution in [2.75, 3.05) is 31.6 Å². The summed E-state index contributed by atoms with van der Waals surface area (Å²) in [6.45, 7) is 5.97. The number of carboxylic acid groups (broad SMARTS) is 1. The van der Waals surface area contributed by atoms with Crippen molar-refractivity contribution in [3.8, 4) is 10.6 Å². The van der Waals surface area contributed by atoms with Crippen LogP contribution < -0.4 is 4.90 Å². The zero-order valence-corrected chi connectivity index (χ0v) is 20.4. The highest BCUT2D eigenvalue weighted by atomic mass is 32.1. The molecule has 3 aromatic rings. The van der Waals surface area contributed by atoms with Crippen LogP contribution in [0.25, 0.3) is 10.6 Å². The summed E-state index contributed by atoms with van der Waals surface area (Å²) < 4.78 is 14.1. The lowest BCUT2D eigenvalue weighted by molar-refractivity contribution is -0.146. The number of halogens is 1. The lowest BCUT2D eigenvalue weighted by Gasteiger charge is -2.32. The predicted octanol–water partition coefficient (Wildman–Crippen LogP) is 4.73. The van der Waals surface area contributed by atoms with Crippen molar-refractivity contribution < 1.29 is 19.1 Å². The van der Waals surface area contributed by atoms with E-state index in [0.717, 1.165) is 42.1 Å². The lowest BCUT2D eigenvalue weighted by Crippen LogP contribution is -2.47. The molecule has 180 valence electrons. The summed E-state index contributed by atoms with van der Waals surface area (Å²) >= 11 is 1.35. The highest BCUT2D eigenvalue weighted by molar-refractivity contribution is 7.18. The third kappa shape index (κ3) is 6.24. The number of likely N-dealkylation sites (tertiary alicyclic amines) is 1. The van der Waals surface area contributed by atoms with Crippen LogP contribution in [0.1, 0.15) is 35.7 Å². The van der Waals surface area contributed by atoms with Gasteiger partial charge in [-0.15, -0.1) is 10.2 Å². The van der Waals surface area contributed by atoms with Crippen LogP contribution in [0.2, 0.25) is 0 Å². The maximum Gasteiger partial charge on any atom is 0.309 e. The molecule has 4 rings (SSSR count). The molecule has 0 spiro atoms. The average molecular weight is 485 g/mol. The Kier molecular flexibility index (Phi) is 8.84. The Bertz CT molecular complexity index is 1130. The number of hydrogen-bond donors (Lipinski definition) is 1. The fourth-order valence-corrected chi connectivity index (χ4v) is 4.44. The van der Waals surface area contributed by atoms with Crippen LogP contribution in [-0.2, 0) is 4.79 Å². The van der Waals surface area contributed by atoms with Gasteiger partial charge in [0.25, 0.3) is 5.91 Å². The van der Waals surface area contributed by atoms with Crippen LogP contribution in [0, 0.1) is 18.7 Å². The smallest absolute Gasteiger partial charge is 0.309 e. The minimum Gasteiger partial charge on any atom is -0.481 e. The van der Waals surface area contributed by atoms with Gasteiger partial charge in [0, 0.05) is 25.2 Å². The number of rotatable bonds is 7. The molecule has 0 atom stereocenters. The normalized spacial score (nSPS) is 13.5. The first-order chi connectivity index (χ1) is 16.3. The molecule has 1 N–H and O–H groups in total. The van der Waals surface area contributed by atoms with Crippen molar-refractivity contribution >= 4 is 28.3 Å². The number of carboxylic acids is 1. The zero-order chi connectivity index (χ0) is 24.7. The van der Waals surface area contributed by atoms with Crippen molar-refractivity contribution in [3.05, 3.63) is 65.5 Å². The Labute approximate surface area is 202 Å². The van der Waals surface area contributed by atoms with E-state index in [2.05, 4.69) is 10.2 Å².